The largest absolute Gasteiger partial charge is 0.493 e. The van der Waals surface area contributed by atoms with Gasteiger partial charge >= 0.3 is 0 Å². The van der Waals surface area contributed by atoms with Crippen LogP contribution in [0.15, 0.2) is 48.8 Å². The molecule has 1 aliphatic heterocycles. The van der Waals surface area contributed by atoms with Gasteiger partial charge in [0.1, 0.15) is 18.2 Å². The zero-order valence-corrected chi connectivity index (χ0v) is 17.3. The first-order chi connectivity index (χ1) is 14.1. The van der Waals surface area contributed by atoms with E-state index in [2.05, 4.69) is 46.3 Å². The second-order valence-corrected chi connectivity index (χ2v) is 7.64. The summed E-state index contributed by atoms with van der Waals surface area (Å²) in [5.74, 6) is 2.25. The molecule has 152 valence electrons. The maximum Gasteiger partial charge on any atom is 0.162 e. The van der Waals surface area contributed by atoms with Gasteiger partial charge in [-0.1, -0.05) is 30.3 Å². The number of nitrogens with one attached hydrogen (secondary N) is 1. The Balaban J connectivity index is 1.63. The molecule has 0 spiro atoms. The van der Waals surface area contributed by atoms with Crippen molar-refractivity contribution in [1.82, 2.24) is 14.9 Å². The van der Waals surface area contributed by atoms with E-state index in [9.17, 15) is 0 Å². The number of nitrogens with zero attached hydrogens (tertiary/aromatic N) is 3. The summed E-state index contributed by atoms with van der Waals surface area (Å²) < 4.78 is 11.9. The molecule has 2 heterocycles. The van der Waals surface area contributed by atoms with Gasteiger partial charge in [-0.2, -0.15) is 0 Å². The summed E-state index contributed by atoms with van der Waals surface area (Å²) in [4.78, 5) is 11.3. The summed E-state index contributed by atoms with van der Waals surface area (Å²) in [6.45, 7) is 4.22. The van der Waals surface area contributed by atoms with E-state index in [-0.39, 0.29) is 12.1 Å². The van der Waals surface area contributed by atoms with Crippen molar-refractivity contribution in [2.45, 2.75) is 31.9 Å². The molecule has 3 aromatic rings. The molecule has 0 bridgehead atoms. The highest BCUT2D eigenvalue weighted by molar-refractivity contribution is 5.91. The van der Waals surface area contributed by atoms with E-state index >= 15 is 0 Å². The van der Waals surface area contributed by atoms with Crippen LogP contribution in [0.4, 0.5) is 5.82 Å². The third kappa shape index (κ3) is 4.43. The summed E-state index contributed by atoms with van der Waals surface area (Å²) in [5, 5.41) is 4.45. The highest BCUT2D eigenvalue weighted by atomic mass is 16.5. The number of benzene rings is 2. The number of hydrogen-bond acceptors (Lipinski definition) is 6. The van der Waals surface area contributed by atoms with Crippen molar-refractivity contribution in [3.63, 3.8) is 0 Å². The van der Waals surface area contributed by atoms with Crippen molar-refractivity contribution >= 4 is 16.7 Å². The number of piperidine rings is 1. The fourth-order valence-corrected chi connectivity index (χ4v) is 3.74. The van der Waals surface area contributed by atoms with Gasteiger partial charge < -0.3 is 19.7 Å². The third-order valence-electron chi connectivity index (χ3n) is 5.53. The number of ether oxygens (including phenoxy) is 2. The van der Waals surface area contributed by atoms with E-state index in [0.29, 0.717) is 5.75 Å². The summed E-state index contributed by atoms with van der Waals surface area (Å²) in [5.41, 5.74) is 2.03. The van der Waals surface area contributed by atoms with Crippen molar-refractivity contribution in [1.29, 1.82) is 0 Å². The fourth-order valence-electron chi connectivity index (χ4n) is 3.74. The number of methoxy groups -OCH3 is 1. The quantitative estimate of drug-likeness (QED) is 0.675. The van der Waals surface area contributed by atoms with Gasteiger partial charge in [0.2, 0.25) is 0 Å². The molecular formula is C23H28N4O2. The van der Waals surface area contributed by atoms with Crippen LogP contribution < -0.4 is 14.8 Å². The first-order valence-electron chi connectivity index (χ1n) is 10.1. The summed E-state index contributed by atoms with van der Waals surface area (Å²) in [7, 11) is 3.82. The molecule has 0 amide bonds. The Labute approximate surface area is 171 Å². The highest BCUT2D eigenvalue weighted by Gasteiger charge is 2.21. The fraction of sp³-hybridized carbons (Fsp3) is 0.391. The number of aromatic nitrogens is 2. The number of anilines is 1. The molecule has 1 aromatic heterocycles. The molecular weight excluding hydrogens is 364 g/mol. The van der Waals surface area contributed by atoms with Gasteiger partial charge in [0.25, 0.3) is 0 Å². The SMILES string of the molecule is COc1cc2ncnc(N[C@H](C)c3ccccc3)c2cc1OC1CCN(C)CC1. The minimum Gasteiger partial charge on any atom is -0.493 e. The van der Waals surface area contributed by atoms with E-state index in [1.165, 1.54) is 5.56 Å². The maximum atomic E-state index is 6.34. The highest BCUT2D eigenvalue weighted by Crippen LogP contribution is 2.36. The number of likely N-dealkylation sites (tertiary alicyclic amines) is 1. The van der Waals surface area contributed by atoms with Crippen LogP contribution in [-0.2, 0) is 0 Å². The Morgan fingerprint density at radius 3 is 2.55 bits per heavy atom. The molecule has 29 heavy (non-hydrogen) atoms. The molecule has 0 radical (unpaired) electrons. The second kappa shape index (κ2) is 8.66. The Bertz CT molecular complexity index is 956. The molecule has 1 aliphatic rings. The van der Waals surface area contributed by atoms with Crippen molar-refractivity contribution in [2.75, 3.05) is 32.6 Å². The van der Waals surface area contributed by atoms with Crippen molar-refractivity contribution in [3.8, 4) is 11.5 Å². The molecule has 0 saturated carbocycles. The Morgan fingerprint density at radius 2 is 1.83 bits per heavy atom. The van der Waals surface area contributed by atoms with E-state index in [1.54, 1.807) is 13.4 Å². The zero-order chi connectivity index (χ0) is 20.2. The van der Waals surface area contributed by atoms with Gasteiger partial charge in [0.15, 0.2) is 11.5 Å². The van der Waals surface area contributed by atoms with Crippen LogP contribution in [0.3, 0.4) is 0 Å². The van der Waals surface area contributed by atoms with E-state index < -0.39 is 0 Å². The Hall–Kier alpha value is -2.86. The molecule has 1 fully saturated rings. The van der Waals surface area contributed by atoms with Gasteiger partial charge in [-0.25, -0.2) is 9.97 Å². The summed E-state index contributed by atoms with van der Waals surface area (Å²) in [6, 6.07) is 14.4. The lowest BCUT2D eigenvalue weighted by atomic mass is 10.1. The molecule has 4 rings (SSSR count). The zero-order valence-electron chi connectivity index (χ0n) is 17.3. The normalized spacial score (nSPS) is 16.5. The first kappa shape index (κ1) is 19.5. The van der Waals surface area contributed by atoms with Crippen molar-refractivity contribution < 1.29 is 9.47 Å². The lowest BCUT2D eigenvalue weighted by Gasteiger charge is -2.29. The summed E-state index contributed by atoms with van der Waals surface area (Å²) >= 11 is 0. The first-order valence-corrected chi connectivity index (χ1v) is 10.1. The van der Waals surface area contributed by atoms with Crippen molar-refractivity contribution in [2.24, 2.45) is 0 Å². The van der Waals surface area contributed by atoms with Gasteiger partial charge in [-0.15, -0.1) is 0 Å². The predicted molar refractivity (Wildman–Crippen MR) is 116 cm³/mol. The van der Waals surface area contributed by atoms with Crippen LogP contribution >= 0.6 is 0 Å². The molecule has 0 aliphatic carbocycles. The lowest BCUT2D eigenvalue weighted by Crippen LogP contribution is -2.35. The smallest absolute Gasteiger partial charge is 0.162 e. The molecule has 6 heteroatoms. The van der Waals surface area contributed by atoms with Gasteiger partial charge in [-0.05, 0) is 38.4 Å². The second-order valence-electron chi connectivity index (χ2n) is 7.64. The number of hydrogen-bond donors (Lipinski definition) is 1. The average molecular weight is 393 g/mol. The number of fused-ring (bicyclic) bond motifs is 1. The lowest BCUT2D eigenvalue weighted by molar-refractivity contribution is 0.111. The predicted octanol–water partition coefficient (Wildman–Crippen LogP) is 4.28. The monoisotopic (exact) mass is 392 g/mol. The Kier molecular flexibility index (Phi) is 5.81. The molecule has 1 atom stereocenters. The van der Waals surface area contributed by atoms with Gasteiger partial charge in [0, 0.05) is 30.6 Å². The minimum absolute atomic E-state index is 0.120. The topological polar surface area (TPSA) is 59.5 Å². The molecule has 2 aromatic carbocycles. The third-order valence-corrected chi connectivity index (χ3v) is 5.53. The van der Waals surface area contributed by atoms with Gasteiger partial charge in [0.05, 0.1) is 12.6 Å². The van der Waals surface area contributed by atoms with E-state index in [0.717, 1.165) is 48.4 Å². The molecule has 0 unspecified atom stereocenters. The van der Waals surface area contributed by atoms with Crippen LogP contribution in [0, 0.1) is 0 Å². The van der Waals surface area contributed by atoms with Crippen LogP contribution in [0.25, 0.3) is 10.9 Å². The van der Waals surface area contributed by atoms with E-state index in [1.807, 2.05) is 30.3 Å². The standard InChI is InChI=1S/C23H28N4O2/c1-16(17-7-5-4-6-8-17)26-23-19-13-22(29-18-9-11-27(2)12-10-18)21(28-3)14-20(19)24-15-25-23/h4-8,13-16,18H,9-12H2,1-3H3,(H,24,25,26)/t16-/m1/s1. The average Bonchev–Trinajstić information content (AvgIpc) is 2.76. The van der Waals surface area contributed by atoms with Crippen molar-refractivity contribution in [3.05, 3.63) is 54.4 Å². The van der Waals surface area contributed by atoms with Gasteiger partial charge in [-0.3, -0.25) is 0 Å². The van der Waals surface area contributed by atoms with E-state index in [4.69, 9.17) is 9.47 Å². The maximum absolute atomic E-state index is 6.34. The van der Waals surface area contributed by atoms with Crippen LogP contribution in [0.5, 0.6) is 11.5 Å². The Morgan fingerprint density at radius 1 is 1.07 bits per heavy atom. The van der Waals surface area contributed by atoms with Crippen LogP contribution in [-0.4, -0.2) is 48.2 Å². The minimum atomic E-state index is 0.120. The molecule has 6 nitrogen and oxygen atoms in total. The van der Waals surface area contributed by atoms with Crippen LogP contribution in [0.1, 0.15) is 31.4 Å². The number of rotatable bonds is 6. The summed E-state index contributed by atoms with van der Waals surface area (Å²) in [6.07, 6.45) is 3.80. The van der Waals surface area contributed by atoms with Crippen LogP contribution in [0.2, 0.25) is 0 Å². The molecule has 1 saturated heterocycles. The molecule has 1 N–H and O–H groups in total.